The Bertz CT molecular complexity index is 1030. The first kappa shape index (κ1) is 20.9. The SMILES string of the molecule is CC12CC(=O)C3(C)C(CC=C4N(Cc5ccccc5Cl)C(=O)CCC43C)C1CCC2=O. The fourth-order valence-electron chi connectivity index (χ4n) is 7.34. The number of nitrogens with zero attached hydrogens (tertiary/aromatic N) is 1. The number of piperidine rings is 1. The predicted molar refractivity (Wildman–Crippen MR) is 119 cm³/mol. The first-order chi connectivity index (χ1) is 14.6. The van der Waals surface area contributed by atoms with Gasteiger partial charge in [-0.25, -0.2) is 0 Å². The van der Waals surface area contributed by atoms with Crippen LogP contribution < -0.4 is 0 Å². The molecule has 0 N–H and O–H groups in total. The zero-order chi connectivity index (χ0) is 22.2. The van der Waals surface area contributed by atoms with Crippen LogP contribution in [0.3, 0.4) is 0 Å². The lowest BCUT2D eigenvalue weighted by atomic mass is 9.42. The van der Waals surface area contributed by atoms with Crippen LogP contribution in [0.5, 0.6) is 0 Å². The highest BCUT2D eigenvalue weighted by atomic mass is 35.5. The lowest BCUT2D eigenvalue weighted by molar-refractivity contribution is -0.168. The Kier molecular flexibility index (Phi) is 4.58. The smallest absolute Gasteiger partial charge is 0.227 e. The highest BCUT2D eigenvalue weighted by Crippen LogP contribution is 2.68. The molecule has 0 aromatic heterocycles. The lowest BCUT2D eigenvalue weighted by Crippen LogP contribution is -2.63. The molecule has 2 saturated carbocycles. The van der Waals surface area contributed by atoms with E-state index in [-0.39, 0.29) is 29.3 Å². The highest BCUT2D eigenvalue weighted by Gasteiger charge is 2.68. The number of halogens is 1. The lowest BCUT2D eigenvalue weighted by Gasteiger charge is -2.62. The van der Waals surface area contributed by atoms with Gasteiger partial charge in [-0.1, -0.05) is 56.6 Å². The van der Waals surface area contributed by atoms with Crippen molar-refractivity contribution in [3.63, 3.8) is 0 Å². The Labute approximate surface area is 189 Å². The van der Waals surface area contributed by atoms with E-state index in [4.69, 9.17) is 11.6 Å². The number of fused-ring (bicyclic) bond motifs is 5. The van der Waals surface area contributed by atoms with E-state index in [1.807, 2.05) is 36.1 Å². The van der Waals surface area contributed by atoms with Crippen LogP contribution in [-0.2, 0) is 20.9 Å². The Hall–Kier alpha value is -1.94. The average molecular weight is 440 g/mol. The van der Waals surface area contributed by atoms with Gasteiger partial charge in [-0.05, 0) is 42.7 Å². The maximum absolute atomic E-state index is 13.8. The van der Waals surface area contributed by atoms with Crippen molar-refractivity contribution in [1.82, 2.24) is 4.90 Å². The van der Waals surface area contributed by atoms with Gasteiger partial charge in [-0.3, -0.25) is 14.4 Å². The van der Waals surface area contributed by atoms with Gasteiger partial charge in [0.25, 0.3) is 0 Å². The number of hydrogen-bond donors (Lipinski definition) is 0. The van der Waals surface area contributed by atoms with Crippen LogP contribution >= 0.6 is 11.6 Å². The number of Topliss-reactive ketones (excluding diaryl/α,β-unsaturated/α-hetero) is 2. The molecule has 31 heavy (non-hydrogen) atoms. The Balaban J connectivity index is 1.58. The van der Waals surface area contributed by atoms with Crippen molar-refractivity contribution in [2.75, 3.05) is 0 Å². The number of rotatable bonds is 2. The molecule has 3 aliphatic carbocycles. The van der Waals surface area contributed by atoms with E-state index in [0.29, 0.717) is 37.3 Å². The fourth-order valence-corrected chi connectivity index (χ4v) is 7.53. The van der Waals surface area contributed by atoms with Crippen molar-refractivity contribution in [3.8, 4) is 0 Å². The second-order valence-electron chi connectivity index (χ2n) is 10.6. The third kappa shape index (κ3) is 2.63. The molecule has 1 aliphatic heterocycles. The molecule has 1 aromatic rings. The first-order valence-corrected chi connectivity index (χ1v) is 11.8. The molecule has 1 aromatic carbocycles. The van der Waals surface area contributed by atoms with Crippen LogP contribution in [0, 0.1) is 28.1 Å². The Morgan fingerprint density at radius 1 is 1.03 bits per heavy atom. The number of ketones is 2. The van der Waals surface area contributed by atoms with E-state index in [9.17, 15) is 14.4 Å². The molecular weight excluding hydrogens is 410 g/mol. The summed E-state index contributed by atoms with van der Waals surface area (Å²) in [6.07, 6.45) is 5.84. The first-order valence-electron chi connectivity index (χ1n) is 11.4. The molecule has 5 atom stereocenters. The van der Waals surface area contributed by atoms with Gasteiger partial charge >= 0.3 is 0 Å². The molecule has 4 nitrogen and oxygen atoms in total. The molecule has 1 heterocycles. The van der Waals surface area contributed by atoms with Gasteiger partial charge in [-0.15, -0.1) is 0 Å². The third-order valence-electron chi connectivity index (χ3n) is 9.47. The number of amides is 1. The second-order valence-corrected chi connectivity index (χ2v) is 11.0. The third-order valence-corrected chi connectivity index (χ3v) is 9.83. The van der Waals surface area contributed by atoms with Gasteiger partial charge in [-0.2, -0.15) is 0 Å². The summed E-state index contributed by atoms with van der Waals surface area (Å²) in [7, 11) is 0. The maximum atomic E-state index is 13.8. The molecule has 1 saturated heterocycles. The maximum Gasteiger partial charge on any atom is 0.227 e. The van der Waals surface area contributed by atoms with Gasteiger partial charge < -0.3 is 4.90 Å². The van der Waals surface area contributed by atoms with E-state index in [2.05, 4.69) is 19.9 Å². The van der Waals surface area contributed by atoms with Crippen molar-refractivity contribution in [1.29, 1.82) is 0 Å². The van der Waals surface area contributed by atoms with Crippen molar-refractivity contribution >= 4 is 29.1 Å². The summed E-state index contributed by atoms with van der Waals surface area (Å²) >= 11 is 6.41. The average Bonchev–Trinajstić information content (AvgIpc) is 3.01. The van der Waals surface area contributed by atoms with Crippen molar-refractivity contribution in [2.45, 2.75) is 65.8 Å². The van der Waals surface area contributed by atoms with Crippen LogP contribution in [0.15, 0.2) is 36.0 Å². The summed E-state index contributed by atoms with van der Waals surface area (Å²) in [5.41, 5.74) is 0.396. The standard InChI is InChI=1S/C26H30ClNO3/c1-24-14-22(30)26(3)18(17(24)9-11-21(24)29)8-10-20-25(26,2)13-12-23(31)28(20)15-16-6-4-5-7-19(16)27/h4-7,10,17-18H,8-9,11-15H2,1-3H3. The topological polar surface area (TPSA) is 54.5 Å². The van der Waals surface area contributed by atoms with Crippen LogP contribution in [-0.4, -0.2) is 22.4 Å². The summed E-state index contributed by atoms with van der Waals surface area (Å²) < 4.78 is 0. The number of hydrogen-bond acceptors (Lipinski definition) is 3. The number of likely N-dealkylation sites (tertiary alicyclic amines) is 1. The number of carbonyl (C=O) groups excluding carboxylic acids is 3. The molecule has 5 rings (SSSR count). The van der Waals surface area contributed by atoms with Gasteiger partial charge in [0.15, 0.2) is 0 Å². The van der Waals surface area contributed by atoms with Crippen molar-refractivity contribution in [3.05, 3.63) is 46.6 Å². The van der Waals surface area contributed by atoms with Crippen LogP contribution in [0.4, 0.5) is 0 Å². The number of benzene rings is 1. The molecule has 164 valence electrons. The molecular formula is C26H30ClNO3. The van der Waals surface area contributed by atoms with Crippen molar-refractivity contribution in [2.24, 2.45) is 28.1 Å². The van der Waals surface area contributed by atoms with E-state index < -0.39 is 16.2 Å². The molecule has 0 spiro atoms. The summed E-state index contributed by atoms with van der Waals surface area (Å²) in [4.78, 5) is 41.4. The summed E-state index contributed by atoms with van der Waals surface area (Å²) in [5, 5.41) is 0.650. The highest BCUT2D eigenvalue weighted by molar-refractivity contribution is 6.31. The van der Waals surface area contributed by atoms with E-state index in [1.165, 1.54) is 0 Å². The fraction of sp³-hybridized carbons (Fsp3) is 0.577. The quantitative estimate of drug-likeness (QED) is 0.625. The van der Waals surface area contributed by atoms with E-state index in [1.54, 1.807) is 0 Å². The molecule has 0 radical (unpaired) electrons. The minimum Gasteiger partial charge on any atom is -0.311 e. The molecule has 1 amide bonds. The van der Waals surface area contributed by atoms with Crippen LogP contribution in [0.1, 0.15) is 64.9 Å². The minimum atomic E-state index is -0.564. The predicted octanol–water partition coefficient (Wildman–Crippen LogP) is 5.34. The van der Waals surface area contributed by atoms with E-state index in [0.717, 1.165) is 24.1 Å². The molecule has 0 bridgehead atoms. The minimum absolute atomic E-state index is 0.0924. The zero-order valence-electron chi connectivity index (χ0n) is 18.5. The van der Waals surface area contributed by atoms with Gasteiger partial charge in [0.1, 0.15) is 11.6 Å². The second kappa shape index (κ2) is 6.78. The normalized spacial score (nSPS) is 39.7. The number of allylic oxidation sites excluding steroid dienone is 2. The van der Waals surface area contributed by atoms with Gasteiger partial charge in [0, 0.05) is 46.2 Å². The van der Waals surface area contributed by atoms with Gasteiger partial charge in [0.05, 0.1) is 6.54 Å². The summed E-state index contributed by atoms with van der Waals surface area (Å²) in [6.45, 7) is 6.74. The van der Waals surface area contributed by atoms with Gasteiger partial charge in [0.2, 0.25) is 5.91 Å². The molecule has 5 heteroatoms. The zero-order valence-corrected chi connectivity index (χ0v) is 19.3. The Morgan fingerprint density at radius 2 is 1.77 bits per heavy atom. The Morgan fingerprint density at radius 3 is 2.52 bits per heavy atom. The summed E-state index contributed by atoms with van der Waals surface area (Å²) in [5.74, 6) is 0.940. The van der Waals surface area contributed by atoms with E-state index >= 15 is 0 Å². The molecule has 4 aliphatic rings. The molecule has 5 unspecified atom stereocenters. The monoisotopic (exact) mass is 439 g/mol. The molecule has 3 fully saturated rings. The van der Waals surface area contributed by atoms with Crippen molar-refractivity contribution < 1.29 is 14.4 Å². The summed E-state index contributed by atoms with van der Waals surface area (Å²) in [6, 6.07) is 7.63. The van der Waals surface area contributed by atoms with Crippen LogP contribution in [0.2, 0.25) is 5.02 Å². The largest absolute Gasteiger partial charge is 0.311 e. The number of carbonyl (C=O) groups is 3. The van der Waals surface area contributed by atoms with Crippen LogP contribution in [0.25, 0.3) is 0 Å².